The van der Waals surface area contributed by atoms with Gasteiger partial charge in [0, 0.05) is 5.69 Å². The van der Waals surface area contributed by atoms with Crippen molar-refractivity contribution in [3.63, 3.8) is 0 Å². The number of phenols is 1. The van der Waals surface area contributed by atoms with E-state index in [4.69, 9.17) is 4.74 Å². The zero-order valence-electron chi connectivity index (χ0n) is 8.11. The van der Waals surface area contributed by atoms with Gasteiger partial charge in [0.1, 0.15) is 5.75 Å². The Hall–Kier alpha value is -1.77. The summed E-state index contributed by atoms with van der Waals surface area (Å²) < 4.78 is 5.12. The molecule has 2 aromatic rings. The lowest BCUT2D eigenvalue weighted by molar-refractivity contribution is 0.399. The molecule has 0 atom stereocenters. The normalized spacial score (nSPS) is 10.4. The van der Waals surface area contributed by atoms with Crippen LogP contribution in [0.4, 0.5) is 0 Å². The summed E-state index contributed by atoms with van der Waals surface area (Å²) in [5.41, 5.74) is 0.875. The minimum Gasteiger partial charge on any atom is -0.507 e. The average molecular weight is 189 g/mol. The number of aromatic hydroxyl groups is 1. The Morgan fingerprint density at radius 2 is 2.14 bits per heavy atom. The van der Waals surface area contributed by atoms with E-state index in [-0.39, 0.29) is 5.75 Å². The minimum atomic E-state index is 0.201. The first-order valence-electron chi connectivity index (χ1n) is 4.35. The molecule has 2 rings (SSSR count). The SMILES string of the molecule is COc1nc(C)cc2cccc(O)c12. The standard InChI is InChI=1S/C11H11NO2/c1-7-6-8-4-3-5-9(13)10(8)11(12-7)14-2/h3-6,13H,1-2H3. The molecule has 0 fully saturated rings. The molecule has 0 aliphatic carbocycles. The number of ether oxygens (including phenoxy) is 1. The molecule has 0 aliphatic rings. The van der Waals surface area contributed by atoms with Crippen molar-refractivity contribution in [1.82, 2.24) is 4.98 Å². The van der Waals surface area contributed by atoms with Crippen molar-refractivity contribution < 1.29 is 9.84 Å². The molecule has 0 saturated heterocycles. The Labute approximate surface area is 82.0 Å². The zero-order chi connectivity index (χ0) is 10.1. The monoisotopic (exact) mass is 189 g/mol. The van der Waals surface area contributed by atoms with Gasteiger partial charge in [0.05, 0.1) is 12.5 Å². The number of hydrogen-bond acceptors (Lipinski definition) is 3. The molecule has 0 unspecified atom stereocenters. The molecule has 0 radical (unpaired) electrons. The Balaban J connectivity index is 2.88. The Morgan fingerprint density at radius 3 is 2.86 bits per heavy atom. The number of rotatable bonds is 1. The Bertz CT molecular complexity index is 480. The van der Waals surface area contributed by atoms with Crippen LogP contribution < -0.4 is 4.74 Å². The van der Waals surface area contributed by atoms with Gasteiger partial charge in [0.15, 0.2) is 0 Å². The summed E-state index contributed by atoms with van der Waals surface area (Å²) in [5.74, 6) is 0.671. The first-order chi connectivity index (χ1) is 6.72. The van der Waals surface area contributed by atoms with Gasteiger partial charge in [-0.2, -0.15) is 0 Å². The molecule has 3 heteroatoms. The molecule has 14 heavy (non-hydrogen) atoms. The topological polar surface area (TPSA) is 42.4 Å². The van der Waals surface area contributed by atoms with Gasteiger partial charge >= 0.3 is 0 Å². The number of aryl methyl sites for hydroxylation is 1. The lowest BCUT2D eigenvalue weighted by Crippen LogP contribution is -1.91. The van der Waals surface area contributed by atoms with Gasteiger partial charge in [-0.05, 0) is 24.4 Å². The van der Waals surface area contributed by atoms with E-state index in [1.54, 1.807) is 19.2 Å². The van der Waals surface area contributed by atoms with Crippen LogP contribution in [0.1, 0.15) is 5.69 Å². The zero-order valence-corrected chi connectivity index (χ0v) is 8.11. The number of methoxy groups -OCH3 is 1. The lowest BCUT2D eigenvalue weighted by Gasteiger charge is -2.06. The maximum Gasteiger partial charge on any atom is 0.225 e. The molecule has 1 N–H and O–H groups in total. The molecule has 72 valence electrons. The summed E-state index contributed by atoms with van der Waals surface area (Å²) >= 11 is 0. The van der Waals surface area contributed by atoms with E-state index < -0.39 is 0 Å². The summed E-state index contributed by atoms with van der Waals surface area (Å²) in [4.78, 5) is 4.20. The Kier molecular flexibility index (Phi) is 2.00. The fourth-order valence-electron chi connectivity index (χ4n) is 1.53. The van der Waals surface area contributed by atoms with E-state index in [1.807, 2.05) is 19.1 Å². The van der Waals surface area contributed by atoms with Crippen molar-refractivity contribution in [3.05, 3.63) is 30.0 Å². The number of hydrogen-bond donors (Lipinski definition) is 1. The summed E-state index contributed by atoms with van der Waals surface area (Å²) in [5, 5.41) is 11.3. The number of pyridine rings is 1. The van der Waals surface area contributed by atoms with Crippen molar-refractivity contribution in [2.24, 2.45) is 0 Å². The molecular formula is C11H11NO2. The highest BCUT2D eigenvalue weighted by Gasteiger charge is 2.07. The summed E-state index contributed by atoms with van der Waals surface area (Å²) in [6.45, 7) is 1.89. The van der Waals surface area contributed by atoms with Crippen LogP contribution in [0.25, 0.3) is 10.8 Å². The van der Waals surface area contributed by atoms with Crippen molar-refractivity contribution >= 4 is 10.8 Å². The molecule has 0 amide bonds. The molecule has 0 aliphatic heterocycles. The molecular weight excluding hydrogens is 178 g/mol. The quantitative estimate of drug-likeness (QED) is 0.748. The fourth-order valence-corrected chi connectivity index (χ4v) is 1.53. The van der Waals surface area contributed by atoms with Gasteiger partial charge in [-0.1, -0.05) is 12.1 Å². The maximum absolute atomic E-state index is 9.65. The van der Waals surface area contributed by atoms with Gasteiger partial charge in [0.2, 0.25) is 5.88 Å². The fraction of sp³-hybridized carbons (Fsp3) is 0.182. The van der Waals surface area contributed by atoms with Gasteiger partial charge in [-0.15, -0.1) is 0 Å². The second-order valence-corrected chi connectivity index (χ2v) is 3.15. The van der Waals surface area contributed by atoms with Crippen LogP contribution >= 0.6 is 0 Å². The van der Waals surface area contributed by atoms with E-state index in [0.29, 0.717) is 11.3 Å². The van der Waals surface area contributed by atoms with Crippen molar-refractivity contribution in [2.75, 3.05) is 7.11 Å². The third-order valence-electron chi connectivity index (χ3n) is 2.12. The first-order valence-corrected chi connectivity index (χ1v) is 4.35. The largest absolute Gasteiger partial charge is 0.507 e. The Morgan fingerprint density at radius 1 is 1.36 bits per heavy atom. The van der Waals surface area contributed by atoms with Crippen molar-refractivity contribution in [2.45, 2.75) is 6.92 Å². The second-order valence-electron chi connectivity index (χ2n) is 3.15. The van der Waals surface area contributed by atoms with E-state index in [1.165, 1.54) is 0 Å². The van der Waals surface area contributed by atoms with Crippen molar-refractivity contribution in [1.29, 1.82) is 0 Å². The lowest BCUT2D eigenvalue weighted by atomic mass is 10.1. The summed E-state index contributed by atoms with van der Waals surface area (Å²) in [6, 6.07) is 7.27. The van der Waals surface area contributed by atoms with Crippen LogP contribution in [-0.4, -0.2) is 17.2 Å². The average Bonchev–Trinajstić information content (AvgIpc) is 2.16. The van der Waals surface area contributed by atoms with Crippen LogP contribution in [0.5, 0.6) is 11.6 Å². The molecule has 1 aromatic carbocycles. The molecule has 0 saturated carbocycles. The van der Waals surface area contributed by atoms with Crippen LogP contribution in [0, 0.1) is 6.92 Å². The smallest absolute Gasteiger partial charge is 0.225 e. The van der Waals surface area contributed by atoms with Gasteiger partial charge in [0.25, 0.3) is 0 Å². The maximum atomic E-state index is 9.65. The first kappa shape index (κ1) is 8.81. The molecule has 1 heterocycles. The van der Waals surface area contributed by atoms with Crippen LogP contribution in [-0.2, 0) is 0 Å². The third kappa shape index (κ3) is 1.27. The third-order valence-corrected chi connectivity index (χ3v) is 2.12. The molecule has 0 spiro atoms. The van der Waals surface area contributed by atoms with Gasteiger partial charge in [-0.3, -0.25) is 0 Å². The highest BCUT2D eigenvalue weighted by molar-refractivity contribution is 5.92. The molecule has 3 nitrogen and oxygen atoms in total. The number of benzene rings is 1. The van der Waals surface area contributed by atoms with E-state index >= 15 is 0 Å². The van der Waals surface area contributed by atoms with Crippen LogP contribution in [0.3, 0.4) is 0 Å². The molecule has 1 aromatic heterocycles. The highest BCUT2D eigenvalue weighted by Crippen LogP contribution is 2.31. The minimum absolute atomic E-state index is 0.201. The van der Waals surface area contributed by atoms with E-state index in [0.717, 1.165) is 11.1 Å². The summed E-state index contributed by atoms with van der Waals surface area (Å²) in [7, 11) is 1.55. The van der Waals surface area contributed by atoms with Crippen LogP contribution in [0.2, 0.25) is 0 Å². The summed E-state index contributed by atoms with van der Waals surface area (Å²) in [6.07, 6.45) is 0. The van der Waals surface area contributed by atoms with E-state index in [9.17, 15) is 5.11 Å². The number of nitrogens with zero attached hydrogens (tertiary/aromatic N) is 1. The number of phenolic OH excluding ortho intramolecular Hbond substituents is 1. The van der Waals surface area contributed by atoms with Gasteiger partial charge < -0.3 is 9.84 Å². The highest BCUT2D eigenvalue weighted by atomic mass is 16.5. The van der Waals surface area contributed by atoms with Crippen molar-refractivity contribution in [3.8, 4) is 11.6 Å². The predicted molar refractivity (Wildman–Crippen MR) is 54.7 cm³/mol. The number of fused-ring (bicyclic) bond motifs is 1. The van der Waals surface area contributed by atoms with Crippen LogP contribution in [0.15, 0.2) is 24.3 Å². The predicted octanol–water partition coefficient (Wildman–Crippen LogP) is 2.26. The molecule has 0 bridgehead atoms. The second kappa shape index (κ2) is 3.18. The van der Waals surface area contributed by atoms with E-state index in [2.05, 4.69) is 4.98 Å². The van der Waals surface area contributed by atoms with Gasteiger partial charge in [-0.25, -0.2) is 4.98 Å². The number of aromatic nitrogens is 1.